The Morgan fingerprint density at radius 3 is 2.03 bits per heavy atom. The molecule has 1 N–H and O–H groups in total. The minimum atomic E-state index is -3.97. The third kappa shape index (κ3) is 7.26. The molecule has 1 amide bonds. The van der Waals surface area contributed by atoms with Crippen LogP contribution in [0.1, 0.15) is 53.5 Å². The van der Waals surface area contributed by atoms with Crippen LogP contribution in [0.25, 0.3) is 0 Å². The quantitative estimate of drug-likeness (QED) is 0.576. The van der Waals surface area contributed by atoms with Gasteiger partial charge in [-0.2, -0.15) is 0 Å². The summed E-state index contributed by atoms with van der Waals surface area (Å²) in [5, 5.41) is 3.01. The van der Waals surface area contributed by atoms with Crippen molar-refractivity contribution >= 4 is 21.6 Å². The molecule has 0 saturated carbocycles. The first-order valence-corrected chi connectivity index (χ1v) is 12.3. The van der Waals surface area contributed by atoms with Crippen molar-refractivity contribution in [2.75, 3.05) is 17.5 Å². The molecule has 0 aliphatic carbocycles. The van der Waals surface area contributed by atoms with Crippen molar-refractivity contribution in [2.24, 2.45) is 5.41 Å². The summed E-state index contributed by atoms with van der Waals surface area (Å²) in [6.07, 6.45) is 0.752. The van der Waals surface area contributed by atoms with Gasteiger partial charge < -0.3 is 10.1 Å². The van der Waals surface area contributed by atoms with Gasteiger partial charge in [0.15, 0.2) is 0 Å². The second kappa shape index (κ2) is 9.94. The number of anilines is 1. The summed E-state index contributed by atoms with van der Waals surface area (Å²) in [4.78, 5) is 13.1. The minimum Gasteiger partial charge on any atom is -0.494 e. The first-order valence-electron chi connectivity index (χ1n) is 10.9. The molecular formula is C25H36N2O4S. The predicted molar refractivity (Wildman–Crippen MR) is 130 cm³/mol. The van der Waals surface area contributed by atoms with Crippen LogP contribution in [0.2, 0.25) is 0 Å². The molecule has 7 heteroatoms. The zero-order chi connectivity index (χ0) is 24.2. The van der Waals surface area contributed by atoms with Crippen molar-refractivity contribution in [3.63, 3.8) is 0 Å². The third-order valence-corrected chi connectivity index (χ3v) is 6.57. The van der Waals surface area contributed by atoms with Crippen LogP contribution in [0.15, 0.2) is 53.4 Å². The SMILES string of the molecule is CCOc1ccc(S(=O)(=O)N(CC(=O)NC(C)(C)CC(C)(C)C)c2ccc(C)cc2)cc1. The molecule has 0 heterocycles. The van der Waals surface area contributed by atoms with Crippen LogP contribution in [0, 0.1) is 12.3 Å². The summed E-state index contributed by atoms with van der Waals surface area (Å²) in [5.74, 6) is 0.240. The van der Waals surface area contributed by atoms with E-state index in [2.05, 4.69) is 26.1 Å². The molecule has 2 rings (SSSR count). The maximum atomic E-state index is 13.5. The number of nitrogens with one attached hydrogen (secondary N) is 1. The lowest BCUT2D eigenvalue weighted by Gasteiger charge is -2.34. The Hall–Kier alpha value is -2.54. The third-order valence-electron chi connectivity index (χ3n) is 4.78. The van der Waals surface area contributed by atoms with Gasteiger partial charge in [0.05, 0.1) is 17.2 Å². The Morgan fingerprint density at radius 2 is 1.53 bits per heavy atom. The van der Waals surface area contributed by atoms with Gasteiger partial charge in [0.25, 0.3) is 10.0 Å². The highest BCUT2D eigenvalue weighted by Gasteiger charge is 2.31. The van der Waals surface area contributed by atoms with Gasteiger partial charge in [-0.25, -0.2) is 8.42 Å². The van der Waals surface area contributed by atoms with Crippen LogP contribution in [-0.2, 0) is 14.8 Å². The number of hydrogen-bond acceptors (Lipinski definition) is 4. The number of ether oxygens (including phenoxy) is 1. The fourth-order valence-corrected chi connectivity index (χ4v) is 5.37. The van der Waals surface area contributed by atoms with Gasteiger partial charge in [-0.15, -0.1) is 0 Å². The maximum absolute atomic E-state index is 13.5. The van der Waals surface area contributed by atoms with Gasteiger partial charge in [-0.05, 0) is 75.9 Å². The Labute approximate surface area is 193 Å². The normalized spacial score (nSPS) is 12.3. The van der Waals surface area contributed by atoms with Crippen LogP contribution < -0.4 is 14.4 Å². The van der Waals surface area contributed by atoms with Gasteiger partial charge in [0.1, 0.15) is 12.3 Å². The van der Waals surface area contributed by atoms with Crippen molar-refractivity contribution in [2.45, 2.75) is 65.3 Å². The van der Waals surface area contributed by atoms with Crippen LogP contribution in [-0.4, -0.2) is 33.0 Å². The zero-order valence-electron chi connectivity index (χ0n) is 20.2. The largest absolute Gasteiger partial charge is 0.494 e. The molecule has 0 bridgehead atoms. The molecule has 0 saturated heterocycles. The Balaban J connectivity index is 2.36. The van der Waals surface area contributed by atoms with Crippen molar-refractivity contribution < 1.29 is 17.9 Å². The number of rotatable bonds is 9. The van der Waals surface area contributed by atoms with Crippen molar-refractivity contribution in [3.05, 3.63) is 54.1 Å². The van der Waals surface area contributed by atoms with Crippen molar-refractivity contribution in [1.82, 2.24) is 5.32 Å². The van der Waals surface area contributed by atoms with Crippen LogP contribution in [0.3, 0.4) is 0 Å². The molecule has 32 heavy (non-hydrogen) atoms. The van der Waals surface area contributed by atoms with Crippen molar-refractivity contribution in [1.29, 1.82) is 0 Å². The Bertz CT molecular complexity index is 1010. The van der Waals surface area contributed by atoms with Crippen molar-refractivity contribution in [3.8, 4) is 5.75 Å². The van der Waals surface area contributed by atoms with E-state index in [-0.39, 0.29) is 22.8 Å². The molecule has 2 aromatic rings. The molecule has 6 nitrogen and oxygen atoms in total. The smallest absolute Gasteiger partial charge is 0.264 e. The maximum Gasteiger partial charge on any atom is 0.264 e. The van der Waals surface area contributed by atoms with Gasteiger partial charge in [-0.3, -0.25) is 9.10 Å². The Kier molecular flexibility index (Phi) is 7.99. The summed E-state index contributed by atoms with van der Waals surface area (Å²) >= 11 is 0. The fourth-order valence-electron chi connectivity index (χ4n) is 3.95. The van der Waals surface area contributed by atoms with E-state index in [4.69, 9.17) is 4.74 Å². The van der Waals surface area contributed by atoms with E-state index in [0.717, 1.165) is 16.3 Å². The zero-order valence-corrected chi connectivity index (χ0v) is 21.0. The highest BCUT2D eigenvalue weighted by Crippen LogP contribution is 2.28. The van der Waals surface area contributed by atoms with E-state index >= 15 is 0 Å². The molecule has 0 aliphatic rings. The average Bonchev–Trinajstić information content (AvgIpc) is 2.65. The summed E-state index contributed by atoms with van der Waals surface area (Å²) in [6, 6.07) is 13.3. The second-order valence-corrected chi connectivity index (χ2v) is 11.8. The molecule has 0 aromatic heterocycles. The van der Waals surface area contributed by atoms with Gasteiger partial charge in [0, 0.05) is 5.54 Å². The monoisotopic (exact) mass is 460 g/mol. The number of hydrogen-bond donors (Lipinski definition) is 1. The second-order valence-electron chi connectivity index (χ2n) is 9.92. The van der Waals surface area contributed by atoms with Gasteiger partial charge in [-0.1, -0.05) is 38.5 Å². The molecule has 0 aliphatic heterocycles. The van der Waals surface area contributed by atoms with E-state index < -0.39 is 15.6 Å². The highest BCUT2D eigenvalue weighted by atomic mass is 32.2. The van der Waals surface area contributed by atoms with E-state index in [1.165, 1.54) is 12.1 Å². The Morgan fingerprint density at radius 1 is 0.969 bits per heavy atom. The first kappa shape index (κ1) is 25.7. The summed E-state index contributed by atoms with van der Waals surface area (Å²) in [7, 11) is -3.97. The summed E-state index contributed by atoms with van der Waals surface area (Å²) in [5.41, 5.74) is 0.982. The molecule has 176 valence electrons. The number of carbonyl (C=O) groups excluding carboxylic acids is 1. The van der Waals surface area contributed by atoms with E-state index in [0.29, 0.717) is 18.0 Å². The van der Waals surface area contributed by atoms with Crippen LogP contribution in [0.4, 0.5) is 5.69 Å². The molecule has 2 aromatic carbocycles. The standard InChI is InChI=1S/C25H36N2O4S/c1-8-31-21-13-15-22(16-14-21)32(29,30)27(20-11-9-19(2)10-12-20)17-23(28)26-25(6,7)18-24(3,4)5/h9-16H,8,17-18H2,1-7H3,(H,26,28). The molecule has 0 atom stereocenters. The number of aryl methyl sites for hydroxylation is 1. The number of sulfonamides is 1. The van der Waals surface area contributed by atoms with Crippen LogP contribution in [0.5, 0.6) is 5.75 Å². The topological polar surface area (TPSA) is 75.7 Å². The summed E-state index contributed by atoms with van der Waals surface area (Å²) in [6.45, 7) is 14.2. The fraction of sp³-hybridized carbons (Fsp3) is 0.480. The van der Waals surface area contributed by atoms with Crippen LogP contribution >= 0.6 is 0 Å². The van der Waals surface area contributed by atoms with E-state index in [1.54, 1.807) is 24.3 Å². The number of amides is 1. The van der Waals surface area contributed by atoms with Gasteiger partial charge >= 0.3 is 0 Å². The summed E-state index contributed by atoms with van der Waals surface area (Å²) < 4.78 is 33.6. The molecule has 0 fully saturated rings. The van der Waals surface area contributed by atoms with E-state index in [9.17, 15) is 13.2 Å². The lowest BCUT2D eigenvalue weighted by Crippen LogP contribution is -2.50. The molecule has 0 spiro atoms. The van der Waals surface area contributed by atoms with E-state index in [1.807, 2.05) is 39.8 Å². The number of nitrogens with zero attached hydrogens (tertiary/aromatic N) is 1. The predicted octanol–water partition coefficient (Wildman–Crippen LogP) is 4.92. The lowest BCUT2D eigenvalue weighted by atomic mass is 9.82. The average molecular weight is 461 g/mol. The number of carbonyl (C=O) groups is 1. The minimum absolute atomic E-state index is 0.0157. The first-order chi connectivity index (χ1) is 14.7. The molecular weight excluding hydrogens is 424 g/mol. The lowest BCUT2D eigenvalue weighted by molar-refractivity contribution is -0.121. The molecule has 0 unspecified atom stereocenters. The highest BCUT2D eigenvalue weighted by molar-refractivity contribution is 7.92. The van der Waals surface area contributed by atoms with Gasteiger partial charge in [0.2, 0.25) is 5.91 Å². The number of benzene rings is 2. The molecule has 0 radical (unpaired) electrons.